The summed E-state index contributed by atoms with van der Waals surface area (Å²) >= 11 is 5.40. The quantitative estimate of drug-likeness (QED) is 0.352. The molecule has 8 nitrogen and oxygen atoms in total. The molecule has 0 radical (unpaired) electrons. The highest BCUT2D eigenvalue weighted by Crippen LogP contribution is 2.22. The molecule has 4 aromatic rings. The van der Waals surface area contributed by atoms with Gasteiger partial charge in [-0.05, 0) is 69.4 Å². The Balaban J connectivity index is 1.45. The number of H-pyrrole nitrogens is 1. The van der Waals surface area contributed by atoms with Crippen molar-refractivity contribution in [1.82, 2.24) is 29.6 Å². The minimum atomic E-state index is -0.215. The number of benzene rings is 2. The number of para-hydroxylation sites is 2. The Hall–Kier alpha value is -3.46. The fraction of sp³-hybridized carbons (Fsp3) is 0.333. The van der Waals surface area contributed by atoms with Gasteiger partial charge >= 0.3 is 0 Å². The molecule has 33 heavy (non-hydrogen) atoms. The summed E-state index contributed by atoms with van der Waals surface area (Å²) in [5, 5.41) is 10.3. The van der Waals surface area contributed by atoms with Crippen LogP contribution in [0, 0.1) is 4.77 Å². The Morgan fingerprint density at radius 3 is 2.64 bits per heavy atom. The fourth-order valence-corrected chi connectivity index (χ4v) is 4.18. The molecule has 2 heterocycles. The molecule has 2 aromatic carbocycles. The molecule has 0 spiro atoms. The minimum Gasteiger partial charge on any atom is -0.494 e. The van der Waals surface area contributed by atoms with Gasteiger partial charge in [0.2, 0.25) is 5.91 Å². The molecule has 172 valence electrons. The topological polar surface area (TPSA) is 89.8 Å². The molecular formula is C24H28N6O2S. The van der Waals surface area contributed by atoms with Crippen molar-refractivity contribution in [1.29, 1.82) is 0 Å². The summed E-state index contributed by atoms with van der Waals surface area (Å²) in [7, 11) is 0. The monoisotopic (exact) mass is 464 g/mol. The van der Waals surface area contributed by atoms with E-state index in [-0.39, 0.29) is 18.4 Å². The lowest BCUT2D eigenvalue weighted by Gasteiger charge is -2.15. The highest BCUT2D eigenvalue weighted by molar-refractivity contribution is 7.71. The number of hydrogen-bond donors (Lipinski definition) is 2. The zero-order valence-electron chi connectivity index (χ0n) is 19.0. The summed E-state index contributed by atoms with van der Waals surface area (Å²) in [5.41, 5.74) is 2.90. The molecule has 2 N–H and O–H groups in total. The number of ether oxygens (including phenoxy) is 1. The smallest absolute Gasteiger partial charge is 0.222 e. The second-order valence-corrected chi connectivity index (χ2v) is 8.09. The van der Waals surface area contributed by atoms with Crippen molar-refractivity contribution >= 4 is 29.2 Å². The Morgan fingerprint density at radius 2 is 1.91 bits per heavy atom. The standard InChI is InChI=1S/C24H28N6O2S/c1-4-29-20-9-7-6-8-19(20)26-22(29)16(3)25-21(31)14-15-30-23(27-28-24(30)33)17-10-12-18(13-11-17)32-5-2/h6-13,16H,4-5,14-15H2,1-3H3,(H,25,31)(H,28,33). The lowest BCUT2D eigenvalue weighted by molar-refractivity contribution is -0.122. The van der Waals surface area contributed by atoms with E-state index < -0.39 is 0 Å². The van der Waals surface area contributed by atoms with E-state index in [1.165, 1.54) is 0 Å². The van der Waals surface area contributed by atoms with Crippen LogP contribution in [0.2, 0.25) is 0 Å². The molecule has 1 amide bonds. The van der Waals surface area contributed by atoms with E-state index >= 15 is 0 Å². The predicted octanol–water partition coefficient (Wildman–Crippen LogP) is 4.64. The lowest BCUT2D eigenvalue weighted by Crippen LogP contribution is -2.29. The second kappa shape index (κ2) is 9.99. The third kappa shape index (κ3) is 4.83. The number of rotatable bonds is 9. The number of hydrogen-bond acceptors (Lipinski definition) is 5. The first-order valence-corrected chi connectivity index (χ1v) is 11.6. The zero-order valence-corrected chi connectivity index (χ0v) is 19.9. The van der Waals surface area contributed by atoms with Gasteiger partial charge in [0, 0.05) is 25.1 Å². The summed E-state index contributed by atoms with van der Waals surface area (Å²) < 4.78 is 9.96. The van der Waals surface area contributed by atoms with Gasteiger partial charge in [-0.25, -0.2) is 4.98 Å². The molecule has 0 aliphatic carbocycles. The molecule has 0 fully saturated rings. The third-order valence-electron chi connectivity index (χ3n) is 5.51. The Bertz CT molecular complexity index is 1300. The van der Waals surface area contributed by atoms with Crippen molar-refractivity contribution in [3.8, 4) is 17.1 Å². The highest BCUT2D eigenvalue weighted by atomic mass is 32.1. The van der Waals surface area contributed by atoms with Gasteiger partial charge in [0.25, 0.3) is 0 Å². The Labute approximate surface area is 197 Å². The van der Waals surface area contributed by atoms with E-state index in [4.69, 9.17) is 21.9 Å². The molecule has 2 aromatic heterocycles. The molecule has 0 aliphatic heterocycles. The fourth-order valence-electron chi connectivity index (χ4n) is 3.96. The van der Waals surface area contributed by atoms with Crippen LogP contribution in [0.15, 0.2) is 48.5 Å². The van der Waals surface area contributed by atoms with Gasteiger partial charge in [-0.15, -0.1) is 0 Å². The lowest BCUT2D eigenvalue weighted by atomic mass is 10.2. The molecule has 0 saturated heterocycles. The number of nitrogens with one attached hydrogen (secondary N) is 2. The van der Waals surface area contributed by atoms with Gasteiger partial charge in [0.05, 0.1) is 23.7 Å². The summed E-state index contributed by atoms with van der Waals surface area (Å²) in [4.78, 5) is 17.5. The van der Waals surface area contributed by atoms with Crippen LogP contribution in [0.5, 0.6) is 5.75 Å². The number of carbonyl (C=O) groups excluding carboxylic acids is 1. The number of aryl methyl sites for hydroxylation is 1. The molecule has 0 aliphatic rings. The highest BCUT2D eigenvalue weighted by Gasteiger charge is 2.18. The van der Waals surface area contributed by atoms with Crippen molar-refractivity contribution in [2.45, 2.75) is 46.3 Å². The average molecular weight is 465 g/mol. The first-order chi connectivity index (χ1) is 16.0. The predicted molar refractivity (Wildman–Crippen MR) is 131 cm³/mol. The summed E-state index contributed by atoms with van der Waals surface area (Å²) in [6.45, 7) is 7.80. The number of fused-ring (bicyclic) bond motifs is 1. The van der Waals surface area contributed by atoms with Crippen molar-refractivity contribution in [2.75, 3.05) is 6.61 Å². The minimum absolute atomic E-state index is 0.0713. The van der Waals surface area contributed by atoms with Crippen molar-refractivity contribution < 1.29 is 9.53 Å². The van der Waals surface area contributed by atoms with E-state index in [0.29, 0.717) is 23.7 Å². The van der Waals surface area contributed by atoms with Crippen molar-refractivity contribution in [3.05, 3.63) is 59.1 Å². The summed E-state index contributed by atoms with van der Waals surface area (Å²) in [6, 6.07) is 15.5. The van der Waals surface area contributed by atoms with Crippen LogP contribution in [0.25, 0.3) is 22.4 Å². The van der Waals surface area contributed by atoms with Gasteiger partial charge in [0.15, 0.2) is 10.6 Å². The normalized spacial score (nSPS) is 12.1. The van der Waals surface area contributed by atoms with Crippen LogP contribution < -0.4 is 10.1 Å². The van der Waals surface area contributed by atoms with Crippen molar-refractivity contribution in [3.63, 3.8) is 0 Å². The number of imidazole rings is 1. The van der Waals surface area contributed by atoms with E-state index in [1.54, 1.807) is 0 Å². The first-order valence-electron chi connectivity index (χ1n) is 11.1. The average Bonchev–Trinajstić information content (AvgIpc) is 3.38. The largest absolute Gasteiger partial charge is 0.494 e. The number of nitrogens with zero attached hydrogens (tertiary/aromatic N) is 4. The number of amides is 1. The summed E-state index contributed by atoms with van der Waals surface area (Å²) in [6.07, 6.45) is 0.272. The molecule has 9 heteroatoms. The maximum absolute atomic E-state index is 12.8. The zero-order chi connectivity index (χ0) is 23.4. The molecule has 0 saturated carbocycles. The third-order valence-corrected chi connectivity index (χ3v) is 5.82. The van der Waals surface area contributed by atoms with Gasteiger partial charge in [-0.3, -0.25) is 14.5 Å². The van der Waals surface area contributed by atoms with Crippen LogP contribution in [0.4, 0.5) is 0 Å². The van der Waals surface area contributed by atoms with Gasteiger partial charge < -0.3 is 14.6 Å². The van der Waals surface area contributed by atoms with Crippen LogP contribution in [-0.4, -0.2) is 36.8 Å². The van der Waals surface area contributed by atoms with Gasteiger partial charge in [-0.1, -0.05) is 12.1 Å². The van der Waals surface area contributed by atoms with Crippen LogP contribution in [0.3, 0.4) is 0 Å². The van der Waals surface area contributed by atoms with Crippen LogP contribution >= 0.6 is 12.2 Å². The maximum atomic E-state index is 12.8. The first kappa shape index (κ1) is 22.7. The molecule has 4 rings (SSSR count). The molecule has 0 bridgehead atoms. The van der Waals surface area contributed by atoms with Crippen LogP contribution in [-0.2, 0) is 17.9 Å². The molecule has 1 unspecified atom stereocenters. The van der Waals surface area contributed by atoms with Gasteiger partial charge in [0.1, 0.15) is 11.6 Å². The van der Waals surface area contributed by atoms with Crippen LogP contribution in [0.1, 0.15) is 39.1 Å². The number of aromatic amines is 1. The summed E-state index contributed by atoms with van der Waals surface area (Å²) in [5.74, 6) is 2.27. The Kier molecular flexibility index (Phi) is 6.88. The Morgan fingerprint density at radius 1 is 1.15 bits per heavy atom. The van der Waals surface area contributed by atoms with Gasteiger partial charge in [-0.2, -0.15) is 5.10 Å². The second-order valence-electron chi connectivity index (χ2n) is 7.70. The van der Waals surface area contributed by atoms with E-state index in [2.05, 4.69) is 27.0 Å². The van der Waals surface area contributed by atoms with E-state index in [9.17, 15) is 4.79 Å². The molecule has 1 atom stereocenters. The number of carbonyl (C=O) groups is 1. The van der Waals surface area contributed by atoms with Crippen molar-refractivity contribution in [2.24, 2.45) is 0 Å². The number of aromatic nitrogens is 5. The van der Waals surface area contributed by atoms with E-state index in [0.717, 1.165) is 34.7 Å². The van der Waals surface area contributed by atoms with E-state index in [1.807, 2.05) is 66.9 Å². The maximum Gasteiger partial charge on any atom is 0.222 e. The SMILES string of the molecule is CCOc1ccc(-c2n[nH]c(=S)n2CCC(=O)NC(C)c2nc3ccccc3n2CC)cc1. The molecular weight excluding hydrogens is 436 g/mol.